The van der Waals surface area contributed by atoms with Crippen molar-refractivity contribution >= 4 is 16.6 Å². The molecule has 1 heterocycles. The third-order valence-electron chi connectivity index (χ3n) is 2.33. The molecule has 0 unspecified atom stereocenters. The van der Waals surface area contributed by atoms with Crippen LogP contribution in [0.3, 0.4) is 0 Å². The number of pyridine rings is 1. The number of aromatic nitrogens is 1. The highest BCUT2D eigenvalue weighted by Gasteiger charge is 2.21. The average Bonchev–Trinajstić information content (AvgIpc) is 2.29. The average molecular weight is 232 g/mol. The highest BCUT2D eigenvalue weighted by atomic mass is 16.3. The fourth-order valence-corrected chi connectivity index (χ4v) is 1.62. The molecule has 3 heteroatoms. The fourth-order valence-electron chi connectivity index (χ4n) is 1.62. The third kappa shape index (κ3) is 2.94. The molecule has 17 heavy (non-hydrogen) atoms. The van der Waals surface area contributed by atoms with Crippen LogP contribution >= 0.6 is 0 Å². The molecule has 2 aromatic rings. The van der Waals surface area contributed by atoms with Crippen LogP contribution in [0.15, 0.2) is 30.3 Å². The van der Waals surface area contributed by atoms with Gasteiger partial charge in [-0.2, -0.15) is 0 Å². The molecule has 1 aromatic carbocycles. The molecule has 0 bridgehead atoms. The minimum Gasteiger partial charge on any atom is -0.397 e. The topological polar surface area (TPSA) is 59.1 Å². The largest absolute Gasteiger partial charge is 0.397 e. The Morgan fingerprint density at radius 1 is 1.18 bits per heavy atom. The van der Waals surface area contributed by atoms with Gasteiger partial charge in [0.15, 0.2) is 0 Å². The summed E-state index contributed by atoms with van der Waals surface area (Å²) in [7, 11) is 0. The van der Waals surface area contributed by atoms with E-state index in [1.165, 1.54) is 0 Å². The van der Waals surface area contributed by atoms with Crippen LogP contribution < -0.4 is 5.73 Å². The Labute approximate surface area is 102 Å². The molecular weight excluding hydrogens is 212 g/mol. The van der Waals surface area contributed by atoms with Crippen LogP contribution in [0.25, 0.3) is 10.9 Å². The summed E-state index contributed by atoms with van der Waals surface area (Å²) in [6.07, 6.45) is 0. The Balaban J connectivity index is 0.000000686. The normalized spacial score (nSPS) is 10.9. The molecule has 0 aliphatic heterocycles. The molecule has 0 radical (unpaired) electrons. The highest BCUT2D eigenvalue weighted by Crippen LogP contribution is 2.26. The summed E-state index contributed by atoms with van der Waals surface area (Å²) < 4.78 is 0. The maximum absolute atomic E-state index is 9.89. The molecule has 3 N–H and O–H groups in total. The molecule has 0 aliphatic rings. The van der Waals surface area contributed by atoms with E-state index in [1.807, 2.05) is 44.2 Å². The van der Waals surface area contributed by atoms with E-state index >= 15 is 0 Å². The highest BCUT2D eigenvalue weighted by molar-refractivity contribution is 5.82. The van der Waals surface area contributed by atoms with Crippen LogP contribution in [0, 0.1) is 0 Å². The molecule has 0 fully saturated rings. The number of aliphatic hydroxyl groups is 1. The van der Waals surface area contributed by atoms with E-state index in [4.69, 9.17) is 5.73 Å². The van der Waals surface area contributed by atoms with Crippen molar-refractivity contribution in [3.8, 4) is 0 Å². The zero-order valence-electron chi connectivity index (χ0n) is 10.9. The van der Waals surface area contributed by atoms with Gasteiger partial charge in [-0.25, -0.2) is 4.98 Å². The first-order chi connectivity index (χ1) is 7.98. The lowest BCUT2D eigenvalue weighted by Crippen LogP contribution is -2.19. The van der Waals surface area contributed by atoms with Crippen LogP contribution in [0.5, 0.6) is 0 Å². The summed E-state index contributed by atoms with van der Waals surface area (Å²) in [6, 6.07) is 9.55. The number of benzene rings is 1. The molecule has 1 aromatic heterocycles. The van der Waals surface area contributed by atoms with Crippen LogP contribution in [0.2, 0.25) is 0 Å². The quantitative estimate of drug-likeness (QED) is 0.794. The minimum absolute atomic E-state index is 0.529. The monoisotopic (exact) mass is 232 g/mol. The lowest BCUT2D eigenvalue weighted by molar-refractivity contribution is 0.0751. The van der Waals surface area contributed by atoms with Crippen molar-refractivity contribution in [2.45, 2.75) is 33.3 Å². The van der Waals surface area contributed by atoms with Crippen molar-refractivity contribution in [1.82, 2.24) is 4.98 Å². The first kappa shape index (κ1) is 13.5. The lowest BCUT2D eigenvalue weighted by atomic mass is 10.0. The zero-order chi connectivity index (χ0) is 13.1. The Bertz CT molecular complexity index is 501. The Hall–Kier alpha value is -1.61. The van der Waals surface area contributed by atoms with Crippen LogP contribution in [0.4, 0.5) is 5.69 Å². The number of rotatable bonds is 1. The molecule has 0 aliphatic carbocycles. The van der Waals surface area contributed by atoms with Gasteiger partial charge in [0.05, 0.1) is 16.9 Å². The molecule has 2 rings (SSSR count). The van der Waals surface area contributed by atoms with Gasteiger partial charge in [0.25, 0.3) is 0 Å². The van der Waals surface area contributed by atoms with Crippen molar-refractivity contribution in [2.75, 3.05) is 5.73 Å². The maximum Gasteiger partial charge on any atom is 0.103 e. The summed E-state index contributed by atoms with van der Waals surface area (Å²) in [5.74, 6) is 0. The van der Waals surface area contributed by atoms with Gasteiger partial charge in [-0.1, -0.05) is 32.0 Å². The molecule has 3 nitrogen and oxygen atoms in total. The van der Waals surface area contributed by atoms with Gasteiger partial charge in [0.2, 0.25) is 0 Å². The van der Waals surface area contributed by atoms with E-state index in [0.717, 1.165) is 10.9 Å². The van der Waals surface area contributed by atoms with Crippen molar-refractivity contribution in [3.05, 3.63) is 36.0 Å². The van der Waals surface area contributed by atoms with Crippen molar-refractivity contribution < 1.29 is 5.11 Å². The molecule has 0 saturated carbocycles. The predicted octanol–water partition coefficient (Wildman–Crippen LogP) is 3.07. The number of nitrogens with zero attached hydrogens (tertiary/aromatic N) is 1. The van der Waals surface area contributed by atoms with Gasteiger partial charge in [-0.05, 0) is 26.0 Å². The van der Waals surface area contributed by atoms with Gasteiger partial charge in [0.1, 0.15) is 5.60 Å². The number of nitrogen functional groups attached to an aromatic ring is 1. The second kappa shape index (κ2) is 5.15. The summed E-state index contributed by atoms with van der Waals surface area (Å²) in [5, 5.41) is 10.9. The number of para-hydroxylation sites is 1. The van der Waals surface area contributed by atoms with E-state index < -0.39 is 5.60 Å². The van der Waals surface area contributed by atoms with Crippen molar-refractivity contribution in [1.29, 1.82) is 0 Å². The van der Waals surface area contributed by atoms with Crippen LogP contribution in [0.1, 0.15) is 33.4 Å². The first-order valence-electron chi connectivity index (χ1n) is 5.86. The van der Waals surface area contributed by atoms with Gasteiger partial charge in [-0.3, -0.25) is 0 Å². The number of hydrogen-bond donors (Lipinski definition) is 2. The van der Waals surface area contributed by atoms with E-state index in [-0.39, 0.29) is 0 Å². The number of nitrogens with two attached hydrogens (primary N) is 1. The van der Waals surface area contributed by atoms with Crippen molar-refractivity contribution in [2.24, 2.45) is 0 Å². The number of fused-ring (bicyclic) bond motifs is 1. The second-order valence-electron chi connectivity index (χ2n) is 4.18. The predicted molar refractivity (Wildman–Crippen MR) is 72.7 cm³/mol. The van der Waals surface area contributed by atoms with Crippen LogP contribution in [-0.4, -0.2) is 10.1 Å². The first-order valence-corrected chi connectivity index (χ1v) is 5.86. The molecular formula is C14H20N2O. The van der Waals surface area contributed by atoms with Gasteiger partial charge in [0, 0.05) is 5.39 Å². The van der Waals surface area contributed by atoms with E-state index in [9.17, 15) is 5.11 Å². The molecule has 0 saturated heterocycles. The van der Waals surface area contributed by atoms with Crippen molar-refractivity contribution in [3.63, 3.8) is 0 Å². The minimum atomic E-state index is -1.01. The zero-order valence-corrected chi connectivity index (χ0v) is 10.9. The van der Waals surface area contributed by atoms with E-state index in [0.29, 0.717) is 11.4 Å². The fraction of sp³-hybridized carbons (Fsp3) is 0.357. The SMILES string of the molecule is CC.CC(C)(O)c1nc2ccccc2cc1N. The van der Waals surface area contributed by atoms with Crippen LogP contribution in [-0.2, 0) is 5.60 Å². The Morgan fingerprint density at radius 2 is 1.76 bits per heavy atom. The standard InChI is InChI=1S/C12H14N2O.C2H6/c1-12(2,15)11-9(13)7-8-5-3-4-6-10(8)14-11;1-2/h3-7,15H,13H2,1-2H3;1-2H3. The number of hydrogen-bond acceptors (Lipinski definition) is 3. The molecule has 0 spiro atoms. The summed E-state index contributed by atoms with van der Waals surface area (Å²) in [6.45, 7) is 7.36. The molecule has 92 valence electrons. The van der Waals surface area contributed by atoms with E-state index in [1.54, 1.807) is 13.8 Å². The summed E-state index contributed by atoms with van der Waals surface area (Å²) >= 11 is 0. The maximum atomic E-state index is 9.89. The molecule has 0 amide bonds. The number of anilines is 1. The smallest absolute Gasteiger partial charge is 0.103 e. The Kier molecular flexibility index (Phi) is 4.07. The lowest BCUT2D eigenvalue weighted by Gasteiger charge is -2.19. The second-order valence-corrected chi connectivity index (χ2v) is 4.18. The van der Waals surface area contributed by atoms with Gasteiger partial charge in [-0.15, -0.1) is 0 Å². The summed E-state index contributed by atoms with van der Waals surface area (Å²) in [4.78, 5) is 4.37. The van der Waals surface area contributed by atoms with Gasteiger partial charge >= 0.3 is 0 Å². The molecule has 0 atom stereocenters. The Morgan fingerprint density at radius 3 is 2.35 bits per heavy atom. The van der Waals surface area contributed by atoms with Gasteiger partial charge < -0.3 is 10.8 Å². The summed E-state index contributed by atoms with van der Waals surface area (Å²) in [5.41, 5.74) is 6.75. The third-order valence-corrected chi connectivity index (χ3v) is 2.33. The van der Waals surface area contributed by atoms with E-state index in [2.05, 4.69) is 4.98 Å².